The molecule has 7 heteroatoms. The summed E-state index contributed by atoms with van der Waals surface area (Å²) in [6.45, 7) is 0.758. The van der Waals surface area contributed by atoms with E-state index in [4.69, 9.17) is 4.74 Å². The van der Waals surface area contributed by atoms with Crippen LogP contribution in [-0.2, 0) is 11.2 Å². The zero-order chi connectivity index (χ0) is 20.7. The number of methoxy groups -OCH3 is 1. The smallest absolute Gasteiger partial charge is 0.257 e. The van der Waals surface area contributed by atoms with E-state index in [1.807, 2.05) is 22.4 Å². The van der Waals surface area contributed by atoms with Crippen LogP contribution in [0.2, 0.25) is 0 Å². The Labute approximate surface area is 178 Å². The number of amides is 2. The molecular weight excluding hydrogens is 398 g/mol. The number of fused-ring (bicyclic) bond motifs is 1. The maximum Gasteiger partial charge on any atom is 0.257 e. The van der Waals surface area contributed by atoms with Gasteiger partial charge in [-0.3, -0.25) is 14.9 Å². The van der Waals surface area contributed by atoms with E-state index in [0.717, 1.165) is 42.8 Å². The highest BCUT2D eigenvalue weighted by Crippen LogP contribution is 2.38. The van der Waals surface area contributed by atoms with Crippen LogP contribution >= 0.6 is 11.3 Å². The summed E-state index contributed by atoms with van der Waals surface area (Å²) in [5.41, 5.74) is 4.57. The summed E-state index contributed by atoms with van der Waals surface area (Å²) >= 11 is 1.39. The van der Waals surface area contributed by atoms with E-state index in [1.54, 1.807) is 31.4 Å². The van der Waals surface area contributed by atoms with Gasteiger partial charge in [-0.2, -0.15) is 0 Å². The van der Waals surface area contributed by atoms with Crippen LogP contribution in [0, 0.1) is 5.92 Å². The quantitative estimate of drug-likeness (QED) is 0.667. The Kier molecular flexibility index (Phi) is 4.75. The Balaban J connectivity index is 1.30. The van der Waals surface area contributed by atoms with Crippen molar-refractivity contribution >= 4 is 34.0 Å². The zero-order valence-electron chi connectivity index (χ0n) is 16.6. The molecule has 0 unspecified atom stereocenters. The fraction of sp³-hybridized carbons (Fsp3) is 0.261. The van der Waals surface area contributed by atoms with Gasteiger partial charge >= 0.3 is 0 Å². The van der Waals surface area contributed by atoms with Gasteiger partial charge in [-0.05, 0) is 61.2 Å². The van der Waals surface area contributed by atoms with E-state index >= 15 is 0 Å². The molecule has 30 heavy (non-hydrogen) atoms. The van der Waals surface area contributed by atoms with Gasteiger partial charge in [0.15, 0.2) is 5.13 Å². The molecule has 6 nitrogen and oxygen atoms in total. The van der Waals surface area contributed by atoms with Crippen LogP contribution in [0.15, 0.2) is 47.8 Å². The number of hydrogen-bond acceptors (Lipinski definition) is 5. The summed E-state index contributed by atoms with van der Waals surface area (Å²) in [5, 5.41) is 5.34. The van der Waals surface area contributed by atoms with Crippen molar-refractivity contribution in [3.05, 3.63) is 59.0 Å². The number of carbonyl (C=O) groups is 2. The van der Waals surface area contributed by atoms with E-state index in [2.05, 4.69) is 16.4 Å². The van der Waals surface area contributed by atoms with Gasteiger partial charge in [0.05, 0.1) is 12.8 Å². The number of nitrogens with one attached hydrogen (secondary N) is 1. The molecule has 3 aromatic rings. The first-order valence-electron chi connectivity index (χ1n) is 9.98. The molecule has 1 N–H and O–H groups in total. The lowest BCUT2D eigenvalue weighted by atomic mass is 10.1. The maximum absolute atomic E-state index is 12.5. The van der Waals surface area contributed by atoms with Gasteiger partial charge in [-0.1, -0.05) is 6.07 Å². The minimum absolute atomic E-state index is 0.207. The Morgan fingerprint density at radius 1 is 1.17 bits per heavy atom. The second kappa shape index (κ2) is 7.57. The molecule has 152 valence electrons. The minimum atomic E-state index is -0.207. The van der Waals surface area contributed by atoms with Crippen molar-refractivity contribution in [3.8, 4) is 17.0 Å². The predicted molar refractivity (Wildman–Crippen MR) is 117 cm³/mol. The summed E-state index contributed by atoms with van der Waals surface area (Å²) in [7, 11) is 1.59. The van der Waals surface area contributed by atoms with Gasteiger partial charge in [0.1, 0.15) is 5.75 Å². The Bertz CT molecular complexity index is 1120. The molecule has 2 aliphatic rings. The number of ether oxygens (including phenoxy) is 1. The Morgan fingerprint density at radius 3 is 2.70 bits per heavy atom. The van der Waals surface area contributed by atoms with Crippen molar-refractivity contribution in [3.63, 3.8) is 0 Å². The monoisotopic (exact) mass is 419 g/mol. The highest BCUT2D eigenvalue weighted by molar-refractivity contribution is 7.14. The third-order valence-corrected chi connectivity index (χ3v) is 6.30. The van der Waals surface area contributed by atoms with Crippen LogP contribution in [0.5, 0.6) is 5.75 Å². The zero-order valence-corrected chi connectivity index (χ0v) is 17.4. The number of thiazole rings is 1. The van der Waals surface area contributed by atoms with Crippen molar-refractivity contribution in [2.24, 2.45) is 5.92 Å². The first-order chi connectivity index (χ1) is 14.6. The van der Waals surface area contributed by atoms with Gasteiger partial charge in [0.2, 0.25) is 5.91 Å². The molecular formula is C23H21N3O3S. The summed E-state index contributed by atoms with van der Waals surface area (Å²) in [5.74, 6) is 0.989. The Hall–Kier alpha value is -3.19. The van der Waals surface area contributed by atoms with Crippen LogP contribution in [0.4, 0.5) is 10.8 Å². The molecule has 0 atom stereocenters. The van der Waals surface area contributed by atoms with E-state index in [1.165, 1.54) is 16.9 Å². The lowest BCUT2D eigenvalue weighted by molar-refractivity contribution is -0.119. The van der Waals surface area contributed by atoms with Crippen LogP contribution in [0.3, 0.4) is 0 Å². The SMILES string of the molecule is COc1ccc(C(=O)Nc2nc(-c3ccc4c(c3)CCN4C(=O)C3CC3)cs2)cc1. The first-order valence-corrected chi connectivity index (χ1v) is 10.9. The van der Waals surface area contributed by atoms with Crippen molar-refractivity contribution in [1.82, 2.24) is 4.98 Å². The molecule has 1 aliphatic heterocycles. The maximum atomic E-state index is 12.5. The summed E-state index contributed by atoms with van der Waals surface area (Å²) < 4.78 is 5.12. The van der Waals surface area contributed by atoms with Crippen molar-refractivity contribution in [1.29, 1.82) is 0 Å². The number of carbonyl (C=O) groups excluding carboxylic acids is 2. The van der Waals surface area contributed by atoms with Gasteiger partial charge < -0.3 is 9.64 Å². The third kappa shape index (κ3) is 3.57. The third-order valence-electron chi connectivity index (χ3n) is 5.54. The van der Waals surface area contributed by atoms with Crippen LogP contribution in [-0.4, -0.2) is 30.5 Å². The van der Waals surface area contributed by atoms with Crippen molar-refractivity contribution in [2.45, 2.75) is 19.3 Å². The summed E-state index contributed by atoms with van der Waals surface area (Å²) in [6.07, 6.45) is 2.91. The second-order valence-corrected chi connectivity index (χ2v) is 8.44. The molecule has 2 heterocycles. The minimum Gasteiger partial charge on any atom is -0.497 e. The van der Waals surface area contributed by atoms with Gasteiger partial charge in [0.25, 0.3) is 5.91 Å². The molecule has 0 bridgehead atoms. The molecule has 0 saturated heterocycles. The largest absolute Gasteiger partial charge is 0.497 e. The fourth-order valence-corrected chi connectivity index (χ4v) is 4.43. The molecule has 0 spiro atoms. The van der Waals surface area contributed by atoms with Gasteiger partial charge in [-0.15, -0.1) is 11.3 Å². The topological polar surface area (TPSA) is 71.5 Å². The standard InChI is InChI=1S/C23H21N3O3S/c1-29-18-7-4-14(5-8-18)21(27)25-23-24-19(13-30-23)16-6-9-20-17(12-16)10-11-26(20)22(28)15-2-3-15/h4-9,12-13,15H,2-3,10-11H2,1H3,(H,24,25,27). The molecule has 5 rings (SSSR count). The van der Waals surface area contributed by atoms with E-state index in [0.29, 0.717) is 16.4 Å². The highest BCUT2D eigenvalue weighted by Gasteiger charge is 2.36. The lowest BCUT2D eigenvalue weighted by Crippen LogP contribution is -2.30. The summed E-state index contributed by atoms with van der Waals surface area (Å²) in [4.78, 5) is 31.4. The van der Waals surface area contributed by atoms with Crippen LogP contribution in [0.25, 0.3) is 11.3 Å². The van der Waals surface area contributed by atoms with Crippen LogP contribution < -0.4 is 15.0 Å². The lowest BCUT2D eigenvalue weighted by Gasteiger charge is -2.17. The average Bonchev–Trinajstić information content (AvgIpc) is 3.38. The molecule has 1 saturated carbocycles. The number of nitrogens with zero attached hydrogens (tertiary/aromatic N) is 2. The van der Waals surface area contributed by atoms with E-state index in [9.17, 15) is 9.59 Å². The van der Waals surface area contributed by atoms with E-state index < -0.39 is 0 Å². The molecule has 2 aromatic carbocycles. The molecule has 0 radical (unpaired) electrons. The second-order valence-electron chi connectivity index (χ2n) is 7.58. The number of hydrogen-bond donors (Lipinski definition) is 1. The molecule has 2 amide bonds. The number of anilines is 2. The predicted octanol–water partition coefficient (Wildman–Crippen LogP) is 4.37. The number of aromatic nitrogens is 1. The van der Waals surface area contributed by atoms with Gasteiger partial charge in [0, 0.05) is 34.7 Å². The van der Waals surface area contributed by atoms with Gasteiger partial charge in [-0.25, -0.2) is 4.98 Å². The highest BCUT2D eigenvalue weighted by atomic mass is 32.1. The molecule has 1 fully saturated rings. The first kappa shape index (κ1) is 18.8. The van der Waals surface area contributed by atoms with Crippen LogP contribution in [0.1, 0.15) is 28.8 Å². The molecule has 1 aliphatic carbocycles. The normalized spacial score (nSPS) is 15.0. The Morgan fingerprint density at radius 2 is 1.97 bits per heavy atom. The molecule has 1 aromatic heterocycles. The average molecular weight is 420 g/mol. The van der Waals surface area contributed by atoms with Crippen molar-refractivity contribution < 1.29 is 14.3 Å². The fourth-order valence-electron chi connectivity index (χ4n) is 3.72. The van der Waals surface area contributed by atoms with E-state index in [-0.39, 0.29) is 17.7 Å². The van der Waals surface area contributed by atoms with Crippen molar-refractivity contribution in [2.75, 3.05) is 23.9 Å². The summed E-state index contributed by atoms with van der Waals surface area (Å²) in [6, 6.07) is 13.1. The number of benzene rings is 2. The number of rotatable bonds is 5.